The Kier molecular flexibility index (Phi) is 4.69. The first-order valence-electron chi connectivity index (χ1n) is 10.2. The number of fused-ring (bicyclic) bond motifs is 2. The van der Waals surface area contributed by atoms with Crippen molar-refractivity contribution in [3.05, 3.63) is 59.7 Å². The number of rotatable bonds is 4. The number of benzene rings is 1. The zero-order valence-electron chi connectivity index (χ0n) is 16.2. The maximum atomic E-state index is 13.4. The van der Waals surface area contributed by atoms with Crippen LogP contribution in [-0.2, 0) is 12.7 Å². The number of anilines is 1. The Balaban J connectivity index is 1.26. The van der Waals surface area contributed by atoms with Crippen LogP contribution in [0.1, 0.15) is 24.1 Å². The van der Waals surface area contributed by atoms with Gasteiger partial charge < -0.3 is 15.2 Å². The molecule has 1 aliphatic heterocycles. The summed E-state index contributed by atoms with van der Waals surface area (Å²) in [7, 11) is 0. The average molecular weight is 418 g/mol. The first kappa shape index (κ1) is 19.4. The number of alkyl halides is 3. The summed E-state index contributed by atoms with van der Waals surface area (Å²) in [5.41, 5.74) is 1.02. The van der Waals surface area contributed by atoms with Crippen LogP contribution in [0.5, 0.6) is 0 Å². The molecule has 2 aliphatic rings. The van der Waals surface area contributed by atoms with Gasteiger partial charge in [-0.25, -0.2) is 9.37 Å². The molecular formula is C22H22F4N4. The molecule has 30 heavy (non-hydrogen) atoms. The smallest absolute Gasteiger partial charge is 0.361 e. The third kappa shape index (κ3) is 3.53. The van der Waals surface area contributed by atoms with Crippen molar-refractivity contribution in [1.29, 1.82) is 0 Å². The normalized spacial score (nSPS) is 24.0. The standard InChI is InChI=1S/C22H22F4N4/c23-15-5-6-16-14(10-28-19(16)8-15)9-27-18-7-4-13-11-30(12-17(13)18)21-3-1-2-20(29-21)22(24,25)26/h1-3,5-6,8,10,13,17-18,27-28H,4,7,9,11-12H2/t13-,17+,18+/m1/s1. The predicted octanol–water partition coefficient (Wildman–Crippen LogP) is 4.73. The van der Waals surface area contributed by atoms with E-state index in [1.54, 1.807) is 12.1 Å². The van der Waals surface area contributed by atoms with Crippen LogP contribution in [0.4, 0.5) is 23.4 Å². The van der Waals surface area contributed by atoms with E-state index in [-0.39, 0.29) is 5.82 Å². The van der Waals surface area contributed by atoms with Gasteiger partial charge in [0.05, 0.1) is 0 Å². The molecule has 5 rings (SSSR count). The molecule has 1 aliphatic carbocycles. The molecule has 2 fully saturated rings. The molecule has 0 radical (unpaired) electrons. The lowest BCUT2D eigenvalue weighted by Crippen LogP contribution is -2.35. The summed E-state index contributed by atoms with van der Waals surface area (Å²) in [5, 5.41) is 4.63. The molecule has 0 unspecified atom stereocenters. The number of hydrogen-bond acceptors (Lipinski definition) is 3. The van der Waals surface area contributed by atoms with Gasteiger partial charge in [-0.2, -0.15) is 13.2 Å². The summed E-state index contributed by atoms with van der Waals surface area (Å²) in [5.74, 6) is 0.966. The van der Waals surface area contributed by atoms with E-state index >= 15 is 0 Å². The van der Waals surface area contributed by atoms with Gasteiger partial charge in [0.25, 0.3) is 0 Å². The van der Waals surface area contributed by atoms with Gasteiger partial charge >= 0.3 is 6.18 Å². The van der Waals surface area contributed by atoms with Gasteiger partial charge in [0, 0.05) is 42.8 Å². The summed E-state index contributed by atoms with van der Waals surface area (Å²) in [4.78, 5) is 8.94. The van der Waals surface area contributed by atoms with Gasteiger partial charge in [-0.15, -0.1) is 0 Å². The van der Waals surface area contributed by atoms with E-state index in [1.807, 2.05) is 11.1 Å². The molecule has 3 heterocycles. The number of pyridine rings is 1. The maximum Gasteiger partial charge on any atom is 0.433 e. The van der Waals surface area contributed by atoms with Crippen LogP contribution in [0.3, 0.4) is 0 Å². The fourth-order valence-corrected chi connectivity index (χ4v) is 5.01. The minimum atomic E-state index is -4.43. The monoisotopic (exact) mass is 418 g/mol. The van der Waals surface area contributed by atoms with Crippen molar-refractivity contribution in [2.45, 2.75) is 31.6 Å². The highest BCUT2D eigenvalue weighted by molar-refractivity contribution is 5.83. The van der Waals surface area contributed by atoms with Crippen molar-refractivity contribution in [2.75, 3.05) is 18.0 Å². The number of aromatic nitrogens is 2. The minimum Gasteiger partial charge on any atom is -0.361 e. The Morgan fingerprint density at radius 2 is 2.00 bits per heavy atom. The van der Waals surface area contributed by atoms with Crippen molar-refractivity contribution in [3.8, 4) is 0 Å². The summed E-state index contributed by atoms with van der Waals surface area (Å²) in [6.45, 7) is 2.11. The van der Waals surface area contributed by atoms with Crippen LogP contribution in [0.25, 0.3) is 10.9 Å². The van der Waals surface area contributed by atoms with Crippen LogP contribution in [-0.4, -0.2) is 29.1 Å². The number of H-pyrrole nitrogens is 1. The number of halogens is 4. The van der Waals surface area contributed by atoms with Crippen LogP contribution >= 0.6 is 0 Å². The minimum absolute atomic E-state index is 0.267. The SMILES string of the molecule is Fc1ccc2c(CN[C@H]3CC[C@@H]4CN(c5cccc(C(F)(F)F)n5)C[C@@H]43)c[nH]c2c1. The average Bonchev–Trinajstić information content (AvgIpc) is 3.40. The zero-order valence-corrected chi connectivity index (χ0v) is 16.2. The van der Waals surface area contributed by atoms with Gasteiger partial charge in [-0.05, 0) is 60.6 Å². The number of aromatic amines is 1. The molecule has 0 amide bonds. The van der Waals surface area contributed by atoms with E-state index in [4.69, 9.17) is 0 Å². The van der Waals surface area contributed by atoms with Gasteiger partial charge in [-0.1, -0.05) is 6.07 Å². The summed E-state index contributed by atoms with van der Waals surface area (Å²) in [6, 6.07) is 9.13. The van der Waals surface area contributed by atoms with Crippen LogP contribution < -0.4 is 10.2 Å². The molecule has 8 heteroatoms. The molecule has 0 spiro atoms. The number of nitrogens with zero attached hydrogens (tertiary/aromatic N) is 2. The maximum absolute atomic E-state index is 13.4. The van der Waals surface area contributed by atoms with Gasteiger partial charge in [0.15, 0.2) is 0 Å². The van der Waals surface area contributed by atoms with Crippen molar-refractivity contribution in [3.63, 3.8) is 0 Å². The zero-order chi connectivity index (χ0) is 20.9. The van der Waals surface area contributed by atoms with Crippen LogP contribution in [0, 0.1) is 17.7 Å². The molecule has 3 atom stereocenters. The Morgan fingerprint density at radius 1 is 1.13 bits per heavy atom. The first-order valence-corrected chi connectivity index (χ1v) is 10.2. The van der Waals surface area contributed by atoms with Crippen molar-refractivity contribution >= 4 is 16.7 Å². The van der Waals surface area contributed by atoms with E-state index in [0.29, 0.717) is 36.8 Å². The Labute approximate surface area is 171 Å². The lowest BCUT2D eigenvalue weighted by atomic mass is 9.97. The highest BCUT2D eigenvalue weighted by atomic mass is 19.4. The second-order valence-electron chi connectivity index (χ2n) is 8.28. The highest BCUT2D eigenvalue weighted by Crippen LogP contribution is 2.40. The van der Waals surface area contributed by atoms with E-state index < -0.39 is 11.9 Å². The van der Waals surface area contributed by atoms with E-state index in [2.05, 4.69) is 15.3 Å². The lowest BCUT2D eigenvalue weighted by Gasteiger charge is -2.23. The quantitative estimate of drug-likeness (QED) is 0.603. The molecule has 158 valence electrons. The Bertz CT molecular complexity index is 1060. The second-order valence-corrected chi connectivity index (χ2v) is 8.28. The molecule has 3 aromatic rings. The number of hydrogen-bond donors (Lipinski definition) is 2. The largest absolute Gasteiger partial charge is 0.433 e. The Hall–Kier alpha value is -2.61. The van der Waals surface area contributed by atoms with Crippen molar-refractivity contribution in [2.24, 2.45) is 11.8 Å². The molecule has 1 aromatic carbocycles. The molecular weight excluding hydrogens is 396 g/mol. The van der Waals surface area contributed by atoms with Gasteiger partial charge in [0.1, 0.15) is 17.3 Å². The van der Waals surface area contributed by atoms with E-state index in [1.165, 1.54) is 18.2 Å². The third-order valence-corrected chi connectivity index (χ3v) is 6.49. The summed E-state index contributed by atoms with van der Waals surface area (Å²) in [6.07, 6.45) is -0.429. The molecule has 1 saturated heterocycles. The fraction of sp³-hybridized carbons (Fsp3) is 0.409. The molecule has 4 nitrogen and oxygen atoms in total. The third-order valence-electron chi connectivity index (χ3n) is 6.49. The lowest BCUT2D eigenvalue weighted by molar-refractivity contribution is -0.141. The van der Waals surface area contributed by atoms with E-state index in [0.717, 1.165) is 41.9 Å². The second kappa shape index (κ2) is 7.27. The Morgan fingerprint density at radius 3 is 2.83 bits per heavy atom. The highest BCUT2D eigenvalue weighted by Gasteiger charge is 2.43. The van der Waals surface area contributed by atoms with E-state index in [9.17, 15) is 17.6 Å². The van der Waals surface area contributed by atoms with Crippen LogP contribution in [0.15, 0.2) is 42.6 Å². The summed E-state index contributed by atoms with van der Waals surface area (Å²) < 4.78 is 52.4. The topological polar surface area (TPSA) is 44.0 Å². The number of nitrogens with one attached hydrogen (secondary N) is 2. The summed E-state index contributed by atoms with van der Waals surface area (Å²) >= 11 is 0. The predicted molar refractivity (Wildman–Crippen MR) is 107 cm³/mol. The fourth-order valence-electron chi connectivity index (χ4n) is 5.01. The van der Waals surface area contributed by atoms with Gasteiger partial charge in [-0.3, -0.25) is 0 Å². The molecule has 2 N–H and O–H groups in total. The van der Waals surface area contributed by atoms with Crippen molar-refractivity contribution < 1.29 is 17.6 Å². The molecule has 1 saturated carbocycles. The van der Waals surface area contributed by atoms with Crippen LogP contribution in [0.2, 0.25) is 0 Å². The molecule has 0 bridgehead atoms. The van der Waals surface area contributed by atoms with Crippen molar-refractivity contribution in [1.82, 2.24) is 15.3 Å². The van der Waals surface area contributed by atoms with Gasteiger partial charge in [0.2, 0.25) is 0 Å². The first-order chi connectivity index (χ1) is 14.4. The molecule has 2 aromatic heterocycles.